The molecule has 114 valence electrons. The zero-order valence-electron chi connectivity index (χ0n) is 12.4. The molecule has 0 saturated heterocycles. The molecule has 0 fully saturated rings. The second-order valence-electron chi connectivity index (χ2n) is 5.03. The second kappa shape index (κ2) is 7.24. The molecule has 1 amide bonds. The standard InChI is InChI=1S/C16H21NO4/c1-11-8-13-10-15(21-14(13)9-12(11)2)16(19)17-4-3-6-20-7-5-18/h8-10,18H,3-7H2,1-2H3,(H,17,19). The Morgan fingerprint density at radius 1 is 1.24 bits per heavy atom. The Balaban J connectivity index is 1.91. The molecule has 1 aromatic carbocycles. The van der Waals surface area contributed by atoms with Gasteiger partial charge >= 0.3 is 0 Å². The van der Waals surface area contributed by atoms with E-state index in [-0.39, 0.29) is 12.5 Å². The molecule has 2 rings (SSSR count). The maximum absolute atomic E-state index is 12.0. The number of benzene rings is 1. The number of aryl methyl sites for hydroxylation is 2. The zero-order chi connectivity index (χ0) is 15.2. The van der Waals surface area contributed by atoms with E-state index in [2.05, 4.69) is 5.32 Å². The first-order valence-corrected chi connectivity index (χ1v) is 7.09. The van der Waals surface area contributed by atoms with Crippen LogP contribution in [0.1, 0.15) is 28.1 Å². The number of hydrogen-bond donors (Lipinski definition) is 2. The van der Waals surface area contributed by atoms with Gasteiger partial charge in [-0.15, -0.1) is 0 Å². The van der Waals surface area contributed by atoms with Crippen molar-refractivity contribution in [3.05, 3.63) is 35.1 Å². The summed E-state index contributed by atoms with van der Waals surface area (Å²) in [4.78, 5) is 12.0. The lowest BCUT2D eigenvalue weighted by atomic mass is 10.1. The van der Waals surface area contributed by atoms with Crippen LogP contribution in [0.4, 0.5) is 0 Å². The van der Waals surface area contributed by atoms with Gasteiger partial charge in [-0.1, -0.05) is 0 Å². The molecule has 0 aliphatic heterocycles. The van der Waals surface area contributed by atoms with Crippen molar-refractivity contribution in [3.63, 3.8) is 0 Å². The first-order valence-electron chi connectivity index (χ1n) is 7.09. The van der Waals surface area contributed by atoms with E-state index in [0.717, 1.165) is 16.5 Å². The van der Waals surface area contributed by atoms with Gasteiger partial charge < -0.3 is 19.6 Å². The van der Waals surface area contributed by atoms with Gasteiger partial charge in [-0.2, -0.15) is 0 Å². The van der Waals surface area contributed by atoms with Gasteiger partial charge in [0.15, 0.2) is 5.76 Å². The number of aliphatic hydroxyl groups is 1. The average Bonchev–Trinajstić information content (AvgIpc) is 2.86. The van der Waals surface area contributed by atoms with Crippen LogP contribution < -0.4 is 5.32 Å². The molecule has 1 heterocycles. The minimum Gasteiger partial charge on any atom is -0.451 e. The van der Waals surface area contributed by atoms with Crippen molar-refractivity contribution in [2.24, 2.45) is 0 Å². The molecule has 2 N–H and O–H groups in total. The molecule has 0 aliphatic rings. The fourth-order valence-electron chi connectivity index (χ4n) is 2.04. The number of rotatable bonds is 7. The minimum absolute atomic E-state index is 0.0180. The van der Waals surface area contributed by atoms with Crippen LogP contribution in [-0.4, -0.2) is 37.4 Å². The fourth-order valence-corrected chi connectivity index (χ4v) is 2.04. The number of aliphatic hydroxyl groups excluding tert-OH is 1. The van der Waals surface area contributed by atoms with Gasteiger partial charge in [-0.05, 0) is 49.6 Å². The number of fused-ring (bicyclic) bond motifs is 1. The summed E-state index contributed by atoms with van der Waals surface area (Å²) in [6, 6.07) is 5.73. The maximum atomic E-state index is 12.0. The highest BCUT2D eigenvalue weighted by Crippen LogP contribution is 2.23. The molecule has 1 aromatic heterocycles. The van der Waals surface area contributed by atoms with Crippen molar-refractivity contribution in [1.82, 2.24) is 5.32 Å². The summed E-state index contributed by atoms with van der Waals surface area (Å²) in [5.41, 5.74) is 3.05. The van der Waals surface area contributed by atoms with E-state index in [4.69, 9.17) is 14.3 Å². The normalized spacial score (nSPS) is 11.0. The van der Waals surface area contributed by atoms with E-state index in [1.165, 1.54) is 5.56 Å². The van der Waals surface area contributed by atoms with Gasteiger partial charge in [-0.25, -0.2) is 0 Å². The van der Waals surface area contributed by atoms with Crippen LogP contribution in [0.15, 0.2) is 22.6 Å². The largest absolute Gasteiger partial charge is 0.451 e. The van der Waals surface area contributed by atoms with Crippen LogP contribution in [0.5, 0.6) is 0 Å². The van der Waals surface area contributed by atoms with Crippen molar-refractivity contribution in [2.45, 2.75) is 20.3 Å². The summed E-state index contributed by atoms with van der Waals surface area (Å²) >= 11 is 0. The monoisotopic (exact) mass is 291 g/mol. The van der Waals surface area contributed by atoms with Gasteiger partial charge in [0, 0.05) is 18.5 Å². The number of carbonyl (C=O) groups is 1. The van der Waals surface area contributed by atoms with Gasteiger partial charge in [0.2, 0.25) is 0 Å². The molecule has 0 saturated carbocycles. The zero-order valence-corrected chi connectivity index (χ0v) is 12.4. The van der Waals surface area contributed by atoms with Crippen molar-refractivity contribution in [1.29, 1.82) is 0 Å². The Morgan fingerprint density at radius 3 is 2.76 bits per heavy atom. The Kier molecular flexibility index (Phi) is 5.36. The molecule has 0 bridgehead atoms. The number of hydrogen-bond acceptors (Lipinski definition) is 4. The minimum atomic E-state index is -0.219. The van der Waals surface area contributed by atoms with Gasteiger partial charge in [-0.3, -0.25) is 4.79 Å². The smallest absolute Gasteiger partial charge is 0.287 e. The molecule has 0 atom stereocenters. The molecule has 0 radical (unpaired) electrons. The summed E-state index contributed by atoms with van der Waals surface area (Å²) in [5.74, 6) is 0.106. The molecule has 0 unspecified atom stereocenters. The molecule has 2 aromatic rings. The van der Waals surface area contributed by atoms with Crippen molar-refractivity contribution in [3.8, 4) is 0 Å². The van der Waals surface area contributed by atoms with E-state index in [0.29, 0.717) is 31.9 Å². The number of nitrogens with one attached hydrogen (secondary N) is 1. The summed E-state index contributed by atoms with van der Waals surface area (Å²) < 4.78 is 10.7. The quantitative estimate of drug-likeness (QED) is 0.767. The van der Waals surface area contributed by atoms with Crippen molar-refractivity contribution in [2.75, 3.05) is 26.4 Å². The third kappa shape index (κ3) is 4.06. The molecule has 0 spiro atoms. The highest BCUT2D eigenvalue weighted by atomic mass is 16.5. The highest BCUT2D eigenvalue weighted by Gasteiger charge is 2.12. The molecule has 0 aliphatic carbocycles. The van der Waals surface area contributed by atoms with Crippen LogP contribution in [0.2, 0.25) is 0 Å². The number of ether oxygens (including phenoxy) is 1. The number of carbonyl (C=O) groups excluding carboxylic acids is 1. The van der Waals surface area contributed by atoms with E-state index < -0.39 is 0 Å². The molecule has 21 heavy (non-hydrogen) atoms. The second-order valence-corrected chi connectivity index (χ2v) is 5.03. The molecular formula is C16H21NO4. The number of furan rings is 1. The molecular weight excluding hydrogens is 270 g/mol. The van der Waals surface area contributed by atoms with Crippen LogP contribution >= 0.6 is 0 Å². The van der Waals surface area contributed by atoms with Crippen LogP contribution in [0.25, 0.3) is 11.0 Å². The van der Waals surface area contributed by atoms with E-state index in [9.17, 15) is 4.79 Å². The lowest BCUT2D eigenvalue weighted by Crippen LogP contribution is -2.24. The van der Waals surface area contributed by atoms with Crippen LogP contribution in [-0.2, 0) is 4.74 Å². The first-order chi connectivity index (χ1) is 10.1. The topological polar surface area (TPSA) is 71.7 Å². The Labute approximate surface area is 123 Å². The van der Waals surface area contributed by atoms with E-state index in [1.807, 2.05) is 26.0 Å². The summed E-state index contributed by atoms with van der Waals surface area (Å²) in [5, 5.41) is 12.3. The Hall–Kier alpha value is -1.85. The first kappa shape index (κ1) is 15.5. The SMILES string of the molecule is Cc1cc2cc(C(=O)NCCCOCCO)oc2cc1C. The number of amides is 1. The van der Waals surface area contributed by atoms with Gasteiger partial charge in [0.05, 0.1) is 13.2 Å². The lowest BCUT2D eigenvalue weighted by Gasteiger charge is -2.03. The predicted octanol–water partition coefficient (Wildman–Crippen LogP) is 2.18. The van der Waals surface area contributed by atoms with E-state index >= 15 is 0 Å². The van der Waals surface area contributed by atoms with Crippen molar-refractivity contribution < 1.29 is 19.1 Å². The molecule has 5 heteroatoms. The third-order valence-electron chi connectivity index (χ3n) is 3.34. The highest BCUT2D eigenvalue weighted by molar-refractivity contribution is 5.96. The third-order valence-corrected chi connectivity index (χ3v) is 3.34. The van der Waals surface area contributed by atoms with Crippen LogP contribution in [0.3, 0.4) is 0 Å². The van der Waals surface area contributed by atoms with E-state index in [1.54, 1.807) is 6.07 Å². The Morgan fingerprint density at radius 2 is 2.00 bits per heavy atom. The molecule has 5 nitrogen and oxygen atoms in total. The van der Waals surface area contributed by atoms with Gasteiger partial charge in [0.1, 0.15) is 5.58 Å². The fraction of sp³-hybridized carbons (Fsp3) is 0.438. The Bertz CT molecular complexity index is 579. The summed E-state index contributed by atoms with van der Waals surface area (Å²) in [6.45, 7) is 5.43. The summed E-state index contributed by atoms with van der Waals surface area (Å²) in [6.07, 6.45) is 0.699. The van der Waals surface area contributed by atoms with Crippen LogP contribution in [0, 0.1) is 13.8 Å². The maximum Gasteiger partial charge on any atom is 0.287 e. The van der Waals surface area contributed by atoms with Crippen molar-refractivity contribution >= 4 is 16.9 Å². The van der Waals surface area contributed by atoms with Gasteiger partial charge in [0.25, 0.3) is 5.91 Å². The summed E-state index contributed by atoms with van der Waals surface area (Å²) in [7, 11) is 0. The lowest BCUT2D eigenvalue weighted by molar-refractivity contribution is 0.0857. The average molecular weight is 291 g/mol. The predicted molar refractivity (Wildman–Crippen MR) is 80.5 cm³/mol.